The van der Waals surface area contributed by atoms with Crippen molar-refractivity contribution in [3.8, 4) is 6.07 Å². The van der Waals surface area contributed by atoms with Gasteiger partial charge in [-0.3, -0.25) is 4.79 Å². The number of carbonyl (C=O) groups excluding carboxylic acids is 1. The van der Waals surface area contributed by atoms with Crippen molar-refractivity contribution in [1.82, 2.24) is 5.32 Å². The summed E-state index contributed by atoms with van der Waals surface area (Å²) in [5.41, 5.74) is -0.787. The third-order valence-corrected chi connectivity index (χ3v) is 1.82. The zero-order chi connectivity index (χ0) is 12.1. The summed E-state index contributed by atoms with van der Waals surface area (Å²) in [6.07, 6.45) is 0.792. The highest BCUT2D eigenvalue weighted by Crippen LogP contribution is 2.25. The average Bonchev–Trinajstić information content (AvgIpc) is 2.14. The Kier molecular flexibility index (Phi) is 4.86. The molecular weight excluding hydrogens is 192 g/mol. The molecule has 0 aliphatic heterocycles. The van der Waals surface area contributed by atoms with Crippen LogP contribution in [0.2, 0.25) is 0 Å². The molecule has 15 heavy (non-hydrogen) atoms. The Hall–Kier alpha value is -1.50. The van der Waals surface area contributed by atoms with Crippen molar-refractivity contribution in [2.45, 2.75) is 34.1 Å². The van der Waals surface area contributed by atoms with E-state index >= 15 is 0 Å². The first-order chi connectivity index (χ1) is 6.84. The number of amides is 1. The van der Waals surface area contributed by atoms with Gasteiger partial charge in [-0.25, -0.2) is 0 Å². The molecule has 0 aliphatic carbocycles. The minimum Gasteiger partial charge on any atom is -0.510 e. The van der Waals surface area contributed by atoms with Crippen LogP contribution in [0.4, 0.5) is 0 Å². The lowest BCUT2D eigenvalue weighted by atomic mass is 9.90. The molecule has 0 aliphatic rings. The van der Waals surface area contributed by atoms with Crippen molar-refractivity contribution in [3.63, 3.8) is 0 Å². The summed E-state index contributed by atoms with van der Waals surface area (Å²) < 4.78 is 0. The lowest BCUT2D eigenvalue weighted by Gasteiger charge is -2.18. The van der Waals surface area contributed by atoms with Crippen LogP contribution in [-0.4, -0.2) is 17.6 Å². The molecule has 0 heterocycles. The molecule has 0 radical (unpaired) electrons. The van der Waals surface area contributed by atoms with E-state index in [2.05, 4.69) is 5.32 Å². The minimum atomic E-state index is -0.589. The first-order valence-corrected chi connectivity index (χ1v) is 4.96. The molecule has 1 amide bonds. The Morgan fingerprint density at radius 3 is 2.33 bits per heavy atom. The maximum absolute atomic E-state index is 11.5. The number of nitrogens with zero attached hydrogens (tertiary/aromatic N) is 1. The van der Waals surface area contributed by atoms with Crippen molar-refractivity contribution < 1.29 is 9.90 Å². The molecule has 0 spiro atoms. The van der Waals surface area contributed by atoms with Gasteiger partial charge in [0, 0.05) is 12.0 Å². The molecular formula is C11H18N2O2. The van der Waals surface area contributed by atoms with Crippen LogP contribution in [0, 0.1) is 16.7 Å². The SMILES string of the molecule is CCCNC(=O)/C(C#N)=C(\O)C(C)(C)C. The fraction of sp³-hybridized carbons (Fsp3) is 0.636. The molecule has 84 valence electrons. The van der Waals surface area contributed by atoms with Crippen LogP contribution in [0.1, 0.15) is 34.1 Å². The molecule has 0 aromatic carbocycles. The maximum atomic E-state index is 11.5. The van der Waals surface area contributed by atoms with Crippen LogP contribution < -0.4 is 5.32 Å². The molecule has 4 nitrogen and oxygen atoms in total. The summed E-state index contributed by atoms with van der Waals surface area (Å²) >= 11 is 0. The summed E-state index contributed by atoms with van der Waals surface area (Å²) in [7, 11) is 0. The molecule has 0 rings (SSSR count). The predicted octanol–water partition coefficient (Wildman–Crippen LogP) is 1.89. The highest BCUT2D eigenvalue weighted by molar-refractivity contribution is 5.97. The van der Waals surface area contributed by atoms with Gasteiger partial charge in [0.15, 0.2) is 5.57 Å². The quantitative estimate of drug-likeness (QED) is 0.424. The Morgan fingerprint density at radius 2 is 2.00 bits per heavy atom. The fourth-order valence-electron chi connectivity index (χ4n) is 0.913. The highest BCUT2D eigenvalue weighted by atomic mass is 16.3. The number of nitrogens with one attached hydrogen (secondary N) is 1. The van der Waals surface area contributed by atoms with Crippen molar-refractivity contribution in [3.05, 3.63) is 11.3 Å². The molecule has 0 unspecified atom stereocenters. The second kappa shape index (κ2) is 5.40. The van der Waals surface area contributed by atoms with Gasteiger partial charge in [-0.1, -0.05) is 27.7 Å². The van der Waals surface area contributed by atoms with E-state index in [-0.39, 0.29) is 11.3 Å². The standard InChI is InChI=1S/C11H18N2O2/c1-5-6-13-10(15)8(7-12)9(14)11(2,3)4/h14H,5-6H2,1-4H3,(H,13,15)/b9-8-. The predicted molar refractivity (Wildman–Crippen MR) is 58.0 cm³/mol. The van der Waals surface area contributed by atoms with E-state index in [4.69, 9.17) is 5.26 Å². The molecule has 0 aromatic heterocycles. The third-order valence-electron chi connectivity index (χ3n) is 1.82. The van der Waals surface area contributed by atoms with Crippen molar-refractivity contribution in [2.75, 3.05) is 6.54 Å². The minimum absolute atomic E-state index is 0.168. The summed E-state index contributed by atoms with van der Waals surface area (Å²) in [4.78, 5) is 11.5. The van der Waals surface area contributed by atoms with Crippen LogP contribution in [0.5, 0.6) is 0 Å². The van der Waals surface area contributed by atoms with Gasteiger partial charge in [-0.05, 0) is 6.42 Å². The van der Waals surface area contributed by atoms with E-state index < -0.39 is 11.3 Å². The zero-order valence-corrected chi connectivity index (χ0v) is 9.72. The third kappa shape index (κ3) is 4.03. The Morgan fingerprint density at radius 1 is 1.47 bits per heavy atom. The summed E-state index contributed by atoms with van der Waals surface area (Å²) in [5, 5.41) is 21.1. The Bertz CT molecular complexity index is 306. The lowest BCUT2D eigenvalue weighted by Crippen LogP contribution is -2.28. The van der Waals surface area contributed by atoms with Crippen molar-refractivity contribution in [1.29, 1.82) is 5.26 Å². The number of hydrogen-bond donors (Lipinski definition) is 2. The molecule has 4 heteroatoms. The fourth-order valence-corrected chi connectivity index (χ4v) is 0.913. The number of rotatable bonds is 3. The molecule has 0 atom stereocenters. The molecule has 0 aromatic rings. The van der Waals surface area contributed by atoms with E-state index in [1.807, 2.05) is 6.92 Å². The van der Waals surface area contributed by atoms with Crippen LogP contribution in [-0.2, 0) is 4.79 Å². The van der Waals surface area contributed by atoms with E-state index in [0.29, 0.717) is 6.54 Å². The van der Waals surface area contributed by atoms with E-state index in [9.17, 15) is 9.90 Å². The van der Waals surface area contributed by atoms with Gasteiger partial charge in [0.25, 0.3) is 5.91 Å². The zero-order valence-electron chi connectivity index (χ0n) is 9.72. The maximum Gasteiger partial charge on any atom is 0.265 e. The normalized spacial score (nSPS) is 12.7. The number of aliphatic hydroxyl groups excluding tert-OH is 1. The second-order valence-electron chi connectivity index (χ2n) is 4.34. The van der Waals surface area contributed by atoms with Gasteiger partial charge in [-0.15, -0.1) is 0 Å². The number of nitriles is 1. The molecule has 2 N–H and O–H groups in total. The van der Waals surface area contributed by atoms with Crippen LogP contribution in [0.15, 0.2) is 11.3 Å². The van der Waals surface area contributed by atoms with Gasteiger partial charge >= 0.3 is 0 Å². The molecule has 0 fully saturated rings. The van der Waals surface area contributed by atoms with Crippen LogP contribution in [0.3, 0.4) is 0 Å². The van der Waals surface area contributed by atoms with Crippen LogP contribution in [0.25, 0.3) is 0 Å². The molecule has 0 bridgehead atoms. The van der Waals surface area contributed by atoms with Crippen LogP contribution >= 0.6 is 0 Å². The largest absolute Gasteiger partial charge is 0.510 e. The van der Waals surface area contributed by atoms with E-state index in [0.717, 1.165) is 6.42 Å². The van der Waals surface area contributed by atoms with Gasteiger partial charge in [0.05, 0.1) is 0 Å². The van der Waals surface area contributed by atoms with Crippen molar-refractivity contribution in [2.24, 2.45) is 5.41 Å². The first kappa shape index (κ1) is 13.5. The molecule has 0 saturated heterocycles. The number of hydrogen-bond acceptors (Lipinski definition) is 3. The Balaban J connectivity index is 4.92. The number of carbonyl (C=O) groups is 1. The Labute approximate surface area is 90.6 Å². The van der Waals surface area contributed by atoms with E-state index in [1.165, 1.54) is 0 Å². The summed E-state index contributed by atoms with van der Waals surface area (Å²) in [5.74, 6) is -0.676. The highest BCUT2D eigenvalue weighted by Gasteiger charge is 2.24. The monoisotopic (exact) mass is 210 g/mol. The van der Waals surface area contributed by atoms with Gasteiger partial charge < -0.3 is 10.4 Å². The van der Waals surface area contributed by atoms with Gasteiger partial charge in [-0.2, -0.15) is 5.26 Å². The number of allylic oxidation sites excluding steroid dienone is 1. The average molecular weight is 210 g/mol. The summed E-state index contributed by atoms with van der Waals surface area (Å²) in [6, 6.07) is 1.73. The first-order valence-electron chi connectivity index (χ1n) is 4.96. The smallest absolute Gasteiger partial charge is 0.265 e. The lowest BCUT2D eigenvalue weighted by molar-refractivity contribution is -0.117. The van der Waals surface area contributed by atoms with Gasteiger partial charge in [0.1, 0.15) is 11.8 Å². The van der Waals surface area contributed by atoms with Crippen molar-refractivity contribution >= 4 is 5.91 Å². The molecule has 0 saturated carbocycles. The summed E-state index contributed by atoms with van der Waals surface area (Å²) in [6.45, 7) is 7.65. The second-order valence-corrected chi connectivity index (χ2v) is 4.34. The van der Waals surface area contributed by atoms with E-state index in [1.54, 1.807) is 26.8 Å². The van der Waals surface area contributed by atoms with Gasteiger partial charge in [0.2, 0.25) is 0 Å². The number of aliphatic hydroxyl groups is 1. The topological polar surface area (TPSA) is 73.1 Å².